The molecule has 1 aromatic rings. The number of esters is 2. The van der Waals surface area contributed by atoms with Crippen LogP contribution in [-0.4, -0.2) is 43.0 Å². The van der Waals surface area contributed by atoms with E-state index in [9.17, 15) is 19.2 Å². The van der Waals surface area contributed by atoms with E-state index in [0.29, 0.717) is 6.42 Å². The Morgan fingerprint density at radius 1 is 0.854 bits per heavy atom. The van der Waals surface area contributed by atoms with Crippen molar-refractivity contribution in [2.75, 3.05) is 13.2 Å². The number of carbonyl (C=O) groups is 4. The van der Waals surface area contributed by atoms with E-state index in [-0.39, 0.29) is 38.1 Å². The van der Waals surface area contributed by atoms with E-state index < -0.39 is 35.2 Å². The van der Waals surface area contributed by atoms with E-state index in [4.69, 9.17) is 14.3 Å². The van der Waals surface area contributed by atoms with Crippen LogP contribution in [0.25, 0.3) is 0 Å². The minimum Gasteiger partial charge on any atom is -0.465 e. The number of ether oxygens (including phenoxy) is 2. The number of unbranched alkanes of at least 4 members (excludes halogenated alkanes) is 6. The first kappa shape index (κ1) is 36.1. The summed E-state index contributed by atoms with van der Waals surface area (Å²) < 4.78 is 10.3. The highest BCUT2D eigenvalue weighted by Gasteiger charge is 2.32. The summed E-state index contributed by atoms with van der Waals surface area (Å²) in [6, 6.07) is 8.96. The smallest absolute Gasteiger partial charge is 0.320 e. The summed E-state index contributed by atoms with van der Waals surface area (Å²) in [4.78, 5) is 55.9. The molecule has 9 nitrogen and oxygen atoms in total. The molecular weight excluding hydrogens is 524 g/mol. The topological polar surface area (TPSA) is 120 Å². The van der Waals surface area contributed by atoms with Crippen molar-refractivity contribution in [3.05, 3.63) is 35.9 Å². The molecule has 0 radical (unpaired) electrons. The molecule has 0 saturated heterocycles. The second-order valence-corrected chi connectivity index (χ2v) is 11.6. The van der Waals surface area contributed by atoms with Gasteiger partial charge in [-0.15, -0.1) is 0 Å². The Labute approximate surface area is 246 Å². The van der Waals surface area contributed by atoms with Crippen LogP contribution < -0.4 is 10.8 Å². The lowest BCUT2D eigenvalue weighted by atomic mass is 9.86. The molecule has 0 aliphatic heterocycles. The summed E-state index contributed by atoms with van der Waals surface area (Å²) in [5.74, 6) is -3.62. The molecule has 3 atom stereocenters. The number of hydroxylamine groups is 1. The molecule has 0 aromatic heterocycles. The van der Waals surface area contributed by atoms with Crippen molar-refractivity contribution in [1.29, 1.82) is 0 Å². The van der Waals surface area contributed by atoms with Gasteiger partial charge in [0.15, 0.2) is 5.92 Å². The van der Waals surface area contributed by atoms with Crippen LogP contribution in [0.4, 0.5) is 0 Å². The summed E-state index contributed by atoms with van der Waals surface area (Å²) in [6.45, 7) is 11.4. The minimum atomic E-state index is -1.06. The van der Waals surface area contributed by atoms with Crippen LogP contribution in [0.3, 0.4) is 0 Å². The van der Waals surface area contributed by atoms with Crippen molar-refractivity contribution in [3.63, 3.8) is 0 Å². The van der Waals surface area contributed by atoms with Crippen LogP contribution >= 0.6 is 0 Å². The first-order valence-corrected chi connectivity index (χ1v) is 15.1. The van der Waals surface area contributed by atoms with E-state index in [1.54, 1.807) is 6.92 Å². The van der Waals surface area contributed by atoms with Gasteiger partial charge in [0.2, 0.25) is 11.8 Å². The third-order valence-corrected chi connectivity index (χ3v) is 6.97. The van der Waals surface area contributed by atoms with E-state index in [1.165, 1.54) is 32.6 Å². The number of hydrogen-bond donors (Lipinski definition) is 2. The fourth-order valence-corrected chi connectivity index (χ4v) is 4.17. The predicted octanol–water partition coefficient (Wildman–Crippen LogP) is 5.65. The first-order chi connectivity index (χ1) is 19.5. The Kier molecular flexibility index (Phi) is 17.6. The van der Waals surface area contributed by atoms with Gasteiger partial charge >= 0.3 is 11.9 Å². The molecule has 1 rings (SSSR count). The van der Waals surface area contributed by atoms with Crippen molar-refractivity contribution in [2.45, 2.75) is 112 Å². The standard InChI is InChI=1S/C32H52N2O7/c1-7-9-10-11-12-13-17-20-26(21-28(35)34-41-22-25-18-15-14-16-19-25)29(36)33-27(32(4,5)6)23-40-31(38)24(3)30(37)39-8-2/h14-16,18-19,24,26-27H,7-13,17,20-23H2,1-6H3,(H,33,36)(H,34,35)/t24-,26+,27?/m0/s1. The van der Waals surface area contributed by atoms with Crippen LogP contribution in [0, 0.1) is 17.3 Å². The monoisotopic (exact) mass is 576 g/mol. The lowest BCUT2D eigenvalue weighted by Crippen LogP contribution is -2.50. The van der Waals surface area contributed by atoms with Gasteiger partial charge in [0.1, 0.15) is 6.61 Å². The number of amides is 2. The molecule has 0 heterocycles. The molecule has 1 aromatic carbocycles. The van der Waals surface area contributed by atoms with Crippen LogP contribution in [0.1, 0.15) is 105 Å². The molecule has 0 spiro atoms. The lowest BCUT2D eigenvalue weighted by molar-refractivity contribution is -0.162. The van der Waals surface area contributed by atoms with Gasteiger partial charge in [0.25, 0.3) is 0 Å². The van der Waals surface area contributed by atoms with Crippen LogP contribution in [0.5, 0.6) is 0 Å². The Hall–Kier alpha value is -2.94. The molecule has 2 N–H and O–H groups in total. The summed E-state index contributed by atoms with van der Waals surface area (Å²) in [5, 5.41) is 3.01. The Morgan fingerprint density at radius 3 is 2.07 bits per heavy atom. The number of hydrogen-bond acceptors (Lipinski definition) is 7. The number of nitrogens with one attached hydrogen (secondary N) is 2. The van der Waals surface area contributed by atoms with Gasteiger partial charge in [0.05, 0.1) is 19.3 Å². The zero-order valence-corrected chi connectivity index (χ0v) is 26.0. The van der Waals surface area contributed by atoms with Gasteiger partial charge in [-0.1, -0.05) is 103 Å². The van der Waals surface area contributed by atoms with Gasteiger partial charge < -0.3 is 14.8 Å². The molecule has 0 aliphatic carbocycles. The molecule has 0 bridgehead atoms. The summed E-state index contributed by atoms with van der Waals surface area (Å²) in [6.07, 6.45) is 8.25. The number of carbonyl (C=O) groups excluding carboxylic acids is 4. The predicted molar refractivity (Wildman–Crippen MR) is 158 cm³/mol. The molecule has 2 amide bonds. The summed E-state index contributed by atoms with van der Waals surface area (Å²) >= 11 is 0. The Bertz CT molecular complexity index is 914. The normalized spacial score (nSPS) is 13.5. The maximum Gasteiger partial charge on any atom is 0.320 e. The SMILES string of the molecule is CCCCCCCCC[C@H](CC(=O)NOCc1ccccc1)C(=O)NC(COC(=O)[C@@H](C)C(=O)OCC)C(C)(C)C. The third kappa shape index (κ3) is 15.6. The van der Waals surface area contributed by atoms with Crippen LogP contribution in [-0.2, 0) is 40.1 Å². The zero-order chi connectivity index (χ0) is 30.7. The second kappa shape index (κ2) is 20.0. The highest BCUT2D eigenvalue weighted by atomic mass is 16.6. The molecule has 0 saturated carbocycles. The third-order valence-electron chi connectivity index (χ3n) is 6.97. The highest BCUT2D eigenvalue weighted by Crippen LogP contribution is 2.23. The molecule has 1 unspecified atom stereocenters. The maximum atomic E-state index is 13.5. The molecule has 9 heteroatoms. The zero-order valence-electron chi connectivity index (χ0n) is 26.0. The summed E-state index contributed by atoms with van der Waals surface area (Å²) in [7, 11) is 0. The van der Waals surface area contributed by atoms with Gasteiger partial charge in [-0.25, -0.2) is 5.48 Å². The van der Waals surface area contributed by atoms with E-state index in [0.717, 1.165) is 24.8 Å². The quantitative estimate of drug-likeness (QED) is 0.0890. The fourth-order valence-electron chi connectivity index (χ4n) is 4.17. The molecule has 232 valence electrons. The molecule has 0 aliphatic rings. The fraction of sp³-hybridized carbons (Fsp3) is 0.688. The second-order valence-electron chi connectivity index (χ2n) is 11.6. The molecular formula is C32H52N2O7. The van der Waals surface area contributed by atoms with Crippen molar-refractivity contribution in [3.8, 4) is 0 Å². The van der Waals surface area contributed by atoms with Gasteiger partial charge in [-0.2, -0.15) is 0 Å². The average molecular weight is 577 g/mol. The lowest BCUT2D eigenvalue weighted by Gasteiger charge is -2.32. The van der Waals surface area contributed by atoms with Crippen molar-refractivity contribution < 1.29 is 33.5 Å². The van der Waals surface area contributed by atoms with Crippen LogP contribution in [0.2, 0.25) is 0 Å². The van der Waals surface area contributed by atoms with Crippen molar-refractivity contribution in [2.24, 2.45) is 17.3 Å². The summed E-state index contributed by atoms with van der Waals surface area (Å²) in [5.41, 5.74) is 2.94. The molecule has 41 heavy (non-hydrogen) atoms. The van der Waals surface area contributed by atoms with Gasteiger partial charge in [0, 0.05) is 12.3 Å². The number of benzene rings is 1. The van der Waals surface area contributed by atoms with Gasteiger partial charge in [-0.3, -0.25) is 24.0 Å². The maximum absolute atomic E-state index is 13.5. The largest absolute Gasteiger partial charge is 0.465 e. The van der Waals surface area contributed by atoms with Crippen LogP contribution in [0.15, 0.2) is 30.3 Å². The number of rotatable bonds is 20. The van der Waals surface area contributed by atoms with Crippen molar-refractivity contribution >= 4 is 23.8 Å². The minimum absolute atomic E-state index is 0.0208. The first-order valence-electron chi connectivity index (χ1n) is 15.1. The Morgan fingerprint density at radius 2 is 1.46 bits per heavy atom. The molecule has 0 fully saturated rings. The Balaban J connectivity index is 2.79. The van der Waals surface area contributed by atoms with E-state index in [1.807, 2.05) is 51.1 Å². The van der Waals surface area contributed by atoms with Gasteiger partial charge in [-0.05, 0) is 31.2 Å². The van der Waals surface area contributed by atoms with E-state index >= 15 is 0 Å². The highest BCUT2D eigenvalue weighted by molar-refractivity contribution is 5.94. The van der Waals surface area contributed by atoms with Crippen molar-refractivity contribution in [1.82, 2.24) is 10.8 Å². The van der Waals surface area contributed by atoms with E-state index in [2.05, 4.69) is 17.7 Å². The average Bonchev–Trinajstić information content (AvgIpc) is 2.93.